The van der Waals surface area contributed by atoms with Crippen molar-refractivity contribution >= 4 is 34.7 Å². The number of hydrogen-bond donors (Lipinski definition) is 3. The number of rotatable bonds is 4. The Balaban J connectivity index is 1.80. The van der Waals surface area contributed by atoms with Crippen LogP contribution in [0.15, 0.2) is 30.6 Å². The number of amides is 1. The van der Waals surface area contributed by atoms with E-state index in [2.05, 4.69) is 25.9 Å². The average Bonchev–Trinajstić information content (AvgIpc) is 2.52. The van der Waals surface area contributed by atoms with Gasteiger partial charge in [0, 0.05) is 31.6 Å². The molecule has 0 saturated heterocycles. The van der Waals surface area contributed by atoms with Gasteiger partial charge in [-0.05, 0) is 11.6 Å². The van der Waals surface area contributed by atoms with Crippen LogP contribution in [0, 0.1) is 0 Å². The van der Waals surface area contributed by atoms with Crippen molar-refractivity contribution < 1.29 is 4.79 Å². The Hall–Kier alpha value is -2.34. The minimum Gasteiger partial charge on any atom is -0.383 e. The number of halogens is 1. The van der Waals surface area contributed by atoms with Crippen molar-refractivity contribution in [2.75, 3.05) is 29.5 Å². The molecular weight excluding hydrogens is 302 g/mol. The van der Waals surface area contributed by atoms with E-state index >= 15 is 0 Å². The highest BCUT2D eigenvalue weighted by Gasteiger charge is 2.24. The first-order valence-corrected chi connectivity index (χ1v) is 7.37. The van der Waals surface area contributed by atoms with Crippen molar-refractivity contribution in [3.05, 3.63) is 41.3 Å². The first kappa shape index (κ1) is 14.6. The maximum Gasteiger partial charge on any atom is 0.225 e. The molecule has 1 unspecified atom stereocenters. The van der Waals surface area contributed by atoms with Crippen molar-refractivity contribution in [2.24, 2.45) is 0 Å². The van der Waals surface area contributed by atoms with Crippen LogP contribution in [0.25, 0.3) is 0 Å². The summed E-state index contributed by atoms with van der Waals surface area (Å²) in [6.07, 6.45) is 1.85. The number of hydrogen-bond acceptors (Lipinski definition) is 5. The van der Waals surface area contributed by atoms with Gasteiger partial charge in [-0.2, -0.15) is 0 Å². The Morgan fingerprint density at radius 3 is 3.00 bits per heavy atom. The number of aromatic nitrogens is 2. The van der Waals surface area contributed by atoms with E-state index in [0.29, 0.717) is 29.6 Å². The van der Waals surface area contributed by atoms with Crippen LogP contribution in [0.1, 0.15) is 17.9 Å². The predicted octanol–water partition coefficient (Wildman–Crippen LogP) is 2.71. The molecule has 2 aromatic rings. The highest BCUT2D eigenvalue weighted by molar-refractivity contribution is 6.32. The van der Waals surface area contributed by atoms with E-state index < -0.39 is 0 Å². The van der Waals surface area contributed by atoms with E-state index in [-0.39, 0.29) is 11.8 Å². The standard InChI is InChI=1S/C15H16ClN5O/c1-17-13-14(16)19-8-20-15(13)18-7-9-6-12(22)21-11-5-3-2-4-10(9)11/h2-5,8-9,17H,6-7H2,1H3,(H,21,22)(H,18,19,20). The largest absolute Gasteiger partial charge is 0.383 e. The Morgan fingerprint density at radius 2 is 2.18 bits per heavy atom. The van der Waals surface area contributed by atoms with Crippen molar-refractivity contribution in [3.63, 3.8) is 0 Å². The summed E-state index contributed by atoms with van der Waals surface area (Å²) in [6.45, 7) is 0.590. The Labute approximate surface area is 133 Å². The van der Waals surface area contributed by atoms with Crippen LogP contribution in [0.3, 0.4) is 0 Å². The van der Waals surface area contributed by atoms with Crippen LogP contribution in [0.2, 0.25) is 5.15 Å². The fourth-order valence-electron chi connectivity index (χ4n) is 2.62. The topological polar surface area (TPSA) is 78.9 Å². The highest BCUT2D eigenvalue weighted by Crippen LogP contribution is 2.33. The fourth-order valence-corrected chi connectivity index (χ4v) is 2.85. The second kappa shape index (κ2) is 6.19. The Bertz CT molecular complexity index is 706. The quantitative estimate of drug-likeness (QED) is 0.756. The number of benzene rings is 1. The van der Waals surface area contributed by atoms with Gasteiger partial charge in [0.15, 0.2) is 11.0 Å². The smallest absolute Gasteiger partial charge is 0.225 e. The Kier molecular flexibility index (Phi) is 4.11. The van der Waals surface area contributed by atoms with Gasteiger partial charge in [0.2, 0.25) is 5.91 Å². The summed E-state index contributed by atoms with van der Waals surface area (Å²) < 4.78 is 0. The monoisotopic (exact) mass is 317 g/mol. The van der Waals surface area contributed by atoms with Crippen molar-refractivity contribution in [1.29, 1.82) is 0 Å². The summed E-state index contributed by atoms with van der Waals surface area (Å²) in [7, 11) is 1.76. The molecule has 3 N–H and O–H groups in total. The van der Waals surface area contributed by atoms with Crippen LogP contribution in [0.5, 0.6) is 0 Å². The summed E-state index contributed by atoms with van der Waals surface area (Å²) >= 11 is 6.04. The van der Waals surface area contributed by atoms with Gasteiger partial charge in [0.05, 0.1) is 0 Å². The first-order chi connectivity index (χ1) is 10.7. The first-order valence-electron chi connectivity index (χ1n) is 7.00. The molecule has 1 aromatic carbocycles. The number of nitrogens with zero attached hydrogens (tertiary/aromatic N) is 2. The summed E-state index contributed by atoms with van der Waals surface area (Å²) in [5.74, 6) is 0.745. The minimum absolute atomic E-state index is 0.0278. The molecule has 3 rings (SSSR count). The van der Waals surface area contributed by atoms with Crippen LogP contribution in [-0.2, 0) is 4.79 Å². The lowest BCUT2D eigenvalue weighted by Crippen LogP contribution is -2.27. The van der Waals surface area contributed by atoms with Gasteiger partial charge in [-0.15, -0.1) is 0 Å². The van der Waals surface area contributed by atoms with E-state index in [1.807, 2.05) is 24.3 Å². The lowest BCUT2D eigenvalue weighted by Gasteiger charge is -2.26. The van der Waals surface area contributed by atoms with E-state index in [1.54, 1.807) is 7.05 Å². The number of para-hydroxylation sites is 1. The number of fused-ring (bicyclic) bond motifs is 1. The molecule has 1 aliphatic rings. The van der Waals surface area contributed by atoms with Gasteiger partial charge in [0.25, 0.3) is 0 Å². The number of nitrogens with one attached hydrogen (secondary N) is 3. The highest BCUT2D eigenvalue weighted by atomic mass is 35.5. The van der Waals surface area contributed by atoms with Gasteiger partial charge in [0.1, 0.15) is 12.0 Å². The molecule has 6 nitrogen and oxygen atoms in total. The van der Waals surface area contributed by atoms with E-state index in [0.717, 1.165) is 11.3 Å². The SMILES string of the molecule is CNc1c(Cl)ncnc1NCC1CC(=O)Nc2ccccc21. The average molecular weight is 318 g/mol. The molecular formula is C15H16ClN5O. The normalized spacial score (nSPS) is 16.6. The van der Waals surface area contributed by atoms with Gasteiger partial charge in [-0.1, -0.05) is 29.8 Å². The van der Waals surface area contributed by atoms with Crippen LogP contribution in [0.4, 0.5) is 17.2 Å². The van der Waals surface area contributed by atoms with Gasteiger partial charge < -0.3 is 16.0 Å². The molecule has 2 heterocycles. The molecule has 1 amide bonds. The molecule has 0 saturated carbocycles. The molecule has 1 aromatic heterocycles. The molecule has 0 aliphatic carbocycles. The molecule has 7 heteroatoms. The zero-order valence-corrected chi connectivity index (χ0v) is 12.8. The van der Waals surface area contributed by atoms with E-state index in [4.69, 9.17) is 11.6 Å². The van der Waals surface area contributed by atoms with Gasteiger partial charge >= 0.3 is 0 Å². The van der Waals surface area contributed by atoms with Crippen molar-refractivity contribution in [2.45, 2.75) is 12.3 Å². The number of anilines is 3. The van der Waals surface area contributed by atoms with Gasteiger partial charge in [-0.25, -0.2) is 9.97 Å². The summed E-state index contributed by atoms with van der Waals surface area (Å²) in [4.78, 5) is 20.0. The van der Waals surface area contributed by atoms with Crippen LogP contribution in [-0.4, -0.2) is 29.5 Å². The molecule has 0 bridgehead atoms. The lowest BCUT2D eigenvalue weighted by molar-refractivity contribution is -0.116. The minimum atomic E-state index is 0.0278. The fraction of sp³-hybridized carbons (Fsp3) is 0.267. The summed E-state index contributed by atoms with van der Waals surface area (Å²) in [5.41, 5.74) is 2.65. The second-order valence-electron chi connectivity index (χ2n) is 5.06. The Morgan fingerprint density at radius 1 is 1.36 bits per heavy atom. The maximum absolute atomic E-state index is 11.8. The molecule has 114 valence electrons. The molecule has 0 radical (unpaired) electrons. The van der Waals surface area contributed by atoms with Crippen molar-refractivity contribution in [3.8, 4) is 0 Å². The summed E-state index contributed by atoms with van der Waals surface area (Å²) in [6, 6.07) is 7.84. The molecule has 1 aliphatic heterocycles. The lowest BCUT2D eigenvalue weighted by atomic mass is 9.90. The molecule has 1 atom stereocenters. The molecule has 22 heavy (non-hydrogen) atoms. The number of carbonyl (C=O) groups excluding carboxylic acids is 1. The van der Waals surface area contributed by atoms with E-state index in [9.17, 15) is 4.79 Å². The summed E-state index contributed by atoms with van der Waals surface area (Å²) in [5, 5.41) is 9.50. The van der Waals surface area contributed by atoms with Crippen LogP contribution >= 0.6 is 11.6 Å². The van der Waals surface area contributed by atoms with Crippen molar-refractivity contribution in [1.82, 2.24) is 9.97 Å². The third-order valence-electron chi connectivity index (χ3n) is 3.67. The zero-order valence-electron chi connectivity index (χ0n) is 12.1. The third-order valence-corrected chi connectivity index (χ3v) is 3.96. The maximum atomic E-state index is 11.8. The number of carbonyl (C=O) groups is 1. The van der Waals surface area contributed by atoms with Gasteiger partial charge in [-0.3, -0.25) is 4.79 Å². The molecule has 0 fully saturated rings. The predicted molar refractivity (Wildman–Crippen MR) is 87.5 cm³/mol. The third kappa shape index (κ3) is 2.82. The molecule has 0 spiro atoms. The second-order valence-corrected chi connectivity index (χ2v) is 5.41. The zero-order chi connectivity index (χ0) is 15.5. The van der Waals surface area contributed by atoms with E-state index in [1.165, 1.54) is 6.33 Å². The van der Waals surface area contributed by atoms with Crippen LogP contribution < -0.4 is 16.0 Å².